The Morgan fingerprint density at radius 2 is 2.05 bits per heavy atom. The summed E-state index contributed by atoms with van der Waals surface area (Å²) in [6.45, 7) is 1.61. The minimum atomic E-state index is -0.902. The second kappa shape index (κ2) is 4.76. The highest BCUT2D eigenvalue weighted by atomic mass is 16.5. The number of aromatic carboxylic acids is 1. The van der Waals surface area contributed by atoms with E-state index in [1.165, 1.54) is 32.1 Å². The maximum Gasteiger partial charge on any atom is 0.335 e. The fourth-order valence-corrected chi connectivity index (χ4v) is 3.11. The van der Waals surface area contributed by atoms with E-state index in [4.69, 9.17) is 9.84 Å². The molecule has 1 spiro atoms. The van der Waals surface area contributed by atoms with Crippen LogP contribution in [0.2, 0.25) is 0 Å². The number of rotatable bonds is 1. The van der Waals surface area contributed by atoms with Crippen LogP contribution in [0.4, 0.5) is 5.69 Å². The minimum Gasteiger partial charge on any atom is -0.491 e. The van der Waals surface area contributed by atoms with Crippen molar-refractivity contribution in [3.63, 3.8) is 0 Å². The molecule has 1 fully saturated rings. The summed E-state index contributed by atoms with van der Waals surface area (Å²) in [7, 11) is 0. The summed E-state index contributed by atoms with van der Waals surface area (Å²) in [5, 5.41) is 12.4. The fourth-order valence-electron chi connectivity index (χ4n) is 3.11. The summed E-state index contributed by atoms with van der Waals surface area (Å²) in [6, 6.07) is 5.02. The van der Waals surface area contributed by atoms with Gasteiger partial charge in [0.2, 0.25) is 0 Å². The Hall–Kier alpha value is -1.71. The molecular formula is C15H19NO3. The van der Waals surface area contributed by atoms with Crippen LogP contribution in [0.1, 0.15) is 42.5 Å². The third-order valence-corrected chi connectivity index (χ3v) is 4.33. The smallest absolute Gasteiger partial charge is 0.335 e. The lowest BCUT2D eigenvalue weighted by Crippen LogP contribution is -2.36. The molecule has 102 valence electrons. The first-order valence-electron chi connectivity index (χ1n) is 6.93. The third kappa shape index (κ3) is 2.39. The predicted octanol–water partition coefficient (Wildman–Crippen LogP) is 3.14. The van der Waals surface area contributed by atoms with Gasteiger partial charge < -0.3 is 15.2 Å². The van der Waals surface area contributed by atoms with Crippen molar-refractivity contribution in [1.82, 2.24) is 0 Å². The van der Waals surface area contributed by atoms with Gasteiger partial charge in [-0.2, -0.15) is 0 Å². The predicted molar refractivity (Wildman–Crippen MR) is 72.9 cm³/mol. The van der Waals surface area contributed by atoms with Crippen LogP contribution in [0.25, 0.3) is 0 Å². The summed E-state index contributed by atoms with van der Waals surface area (Å²) in [4.78, 5) is 11.0. The largest absolute Gasteiger partial charge is 0.491 e. The summed E-state index contributed by atoms with van der Waals surface area (Å²) in [6.07, 6.45) is 6.24. The molecule has 0 atom stereocenters. The Labute approximate surface area is 112 Å². The first-order valence-corrected chi connectivity index (χ1v) is 6.93. The van der Waals surface area contributed by atoms with Gasteiger partial charge in [0, 0.05) is 12.0 Å². The monoisotopic (exact) mass is 261 g/mol. The molecule has 0 unspecified atom stereocenters. The van der Waals surface area contributed by atoms with Gasteiger partial charge in [-0.15, -0.1) is 0 Å². The van der Waals surface area contributed by atoms with Crippen LogP contribution in [-0.4, -0.2) is 24.2 Å². The average molecular weight is 261 g/mol. The van der Waals surface area contributed by atoms with E-state index in [2.05, 4.69) is 5.32 Å². The van der Waals surface area contributed by atoms with Crippen LogP contribution < -0.4 is 10.1 Å². The molecule has 1 heterocycles. The number of fused-ring (bicyclic) bond motifs is 1. The third-order valence-electron chi connectivity index (χ3n) is 4.33. The summed E-state index contributed by atoms with van der Waals surface area (Å²) in [5.74, 6) is -0.131. The highest BCUT2D eigenvalue weighted by Crippen LogP contribution is 2.40. The zero-order chi connectivity index (χ0) is 13.3. The number of ether oxygens (including phenoxy) is 1. The molecule has 1 aromatic rings. The van der Waals surface area contributed by atoms with Gasteiger partial charge in [-0.05, 0) is 31.0 Å². The lowest BCUT2D eigenvalue weighted by Gasteiger charge is -2.35. The maximum atomic E-state index is 11.0. The molecule has 1 aliphatic heterocycles. The highest BCUT2D eigenvalue weighted by molar-refractivity contribution is 5.89. The Bertz CT molecular complexity index is 492. The number of carboxylic acids is 1. The van der Waals surface area contributed by atoms with Gasteiger partial charge in [0.15, 0.2) is 0 Å². The number of hydrogen-bond acceptors (Lipinski definition) is 3. The van der Waals surface area contributed by atoms with Crippen LogP contribution in [0.5, 0.6) is 5.75 Å². The van der Waals surface area contributed by atoms with Gasteiger partial charge in [-0.3, -0.25) is 0 Å². The van der Waals surface area contributed by atoms with E-state index >= 15 is 0 Å². The molecule has 4 nitrogen and oxygen atoms in total. The van der Waals surface area contributed by atoms with E-state index < -0.39 is 5.97 Å². The van der Waals surface area contributed by atoms with E-state index in [1.807, 2.05) is 0 Å². The quantitative estimate of drug-likeness (QED) is 0.815. The van der Waals surface area contributed by atoms with Crippen molar-refractivity contribution < 1.29 is 14.6 Å². The van der Waals surface area contributed by atoms with E-state index in [1.54, 1.807) is 18.2 Å². The van der Waals surface area contributed by atoms with Crippen LogP contribution in [-0.2, 0) is 0 Å². The standard InChI is InChI=1S/C15H19NO3/c17-14(18)11-4-5-13-12(8-11)16-9-15(10-19-13)6-2-1-3-7-15/h4-5,8,16H,1-3,6-7,9-10H2,(H,17,18). The second-order valence-electron chi connectivity index (χ2n) is 5.72. The Balaban J connectivity index is 1.83. The molecule has 0 aromatic heterocycles. The zero-order valence-electron chi connectivity index (χ0n) is 10.9. The van der Waals surface area contributed by atoms with Crippen molar-refractivity contribution in [1.29, 1.82) is 0 Å². The Morgan fingerprint density at radius 1 is 1.26 bits per heavy atom. The van der Waals surface area contributed by atoms with Gasteiger partial charge in [-0.1, -0.05) is 19.3 Å². The van der Waals surface area contributed by atoms with Crippen molar-refractivity contribution in [2.24, 2.45) is 5.41 Å². The number of hydrogen-bond donors (Lipinski definition) is 2. The van der Waals surface area contributed by atoms with Crippen LogP contribution >= 0.6 is 0 Å². The maximum absolute atomic E-state index is 11.0. The summed E-state index contributed by atoms with van der Waals surface area (Å²) >= 11 is 0. The number of benzene rings is 1. The molecule has 0 saturated heterocycles. The molecule has 2 N–H and O–H groups in total. The van der Waals surface area contributed by atoms with E-state index in [0.29, 0.717) is 5.56 Å². The lowest BCUT2D eigenvalue weighted by atomic mass is 9.74. The molecule has 19 heavy (non-hydrogen) atoms. The molecule has 0 bridgehead atoms. The average Bonchev–Trinajstić information content (AvgIpc) is 2.60. The lowest BCUT2D eigenvalue weighted by molar-refractivity contribution is 0.0697. The molecule has 1 saturated carbocycles. The number of nitrogens with one attached hydrogen (secondary N) is 1. The van der Waals surface area contributed by atoms with Crippen LogP contribution in [0.15, 0.2) is 18.2 Å². The summed E-state index contributed by atoms with van der Waals surface area (Å²) in [5.41, 5.74) is 1.33. The Morgan fingerprint density at radius 3 is 2.79 bits per heavy atom. The molecule has 0 radical (unpaired) electrons. The molecule has 3 rings (SSSR count). The van der Waals surface area contributed by atoms with Gasteiger partial charge in [0.05, 0.1) is 17.9 Å². The van der Waals surface area contributed by atoms with Crippen molar-refractivity contribution in [2.75, 3.05) is 18.5 Å². The SMILES string of the molecule is O=C(O)c1ccc2c(c1)NCC1(CCCCC1)CO2. The number of carboxylic acid groups (broad SMARTS) is 1. The van der Waals surface area contributed by atoms with Crippen molar-refractivity contribution in [2.45, 2.75) is 32.1 Å². The first kappa shape index (κ1) is 12.3. The molecular weight excluding hydrogens is 242 g/mol. The first-order chi connectivity index (χ1) is 9.19. The zero-order valence-corrected chi connectivity index (χ0v) is 10.9. The highest BCUT2D eigenvalue weighted by Gasteiger charge is 2.35. The topological polar surface area (TPSA) is 58.6 Å². The van der Waals surface area contributed by atoms with Crippen molar-refractivity contribution in [3.8, 4) is 5.75 Å². The van der Waals surface area contributed by atoms with Crippen LogP contribution in [0.3, 0.4) is 0 Å². The van der Waals surface area contributed by atoms with Gasteiger partial charge >= 0.3 is 5.97 Å². The van der Waals surface area contributed by atoms with Gasteiger partial charge in [0.1, 0.15) is 5.75 Å². The van der Waals surface area contributed by atoms with E-state index in [9.17, 15) is 4.79 Å². The summed E-state index contributed by atoms with van der Waals surface area (Å²) < 4.78 is 5.92. The van der Waals surface area contributed by atoms with Crippen LogP contribution in [0, 0.1) is 5.41 Å². The van der Waals surface area contributed by atoms with Crippen molar-refractivity contribution >= 4 is 11.7 Å². The number of carbonyl (C=O) groups is 1. The van der Waals surface area contributed by atoms with Gasteiger partial charge in [0.25, 0.3) is 0 Å². The van der Waals surface area contributed by atoms with E-state index in [0.717, 1.165) is 24.6 Å². The molecule has 1 aromatic carbocycles. The normalized spacial score (nSPS) is 20.8. The fraction of sp³-hybridized carbons (Fsp3) is 0.533. The molecule has 1 aliphatic carbocycles. The van der Waals surface area contributed by atoms with Gasteiger partial charge in [-0.25, -0.2) is 4.79 Å². The number of anilines is 1. The molecule has 0 amide bonds. The second-order valence-corrected chi connectivity index (χ2v) is 5.72. The van der Waals surface area contributed by atoms with Crippen molar-refractivity contribution in [3.05, 3.63) is 23.8 Å². The van der Waals surface area contributed by atoms with E-state index in [-0.39, 0.29) is 5.41 Å². The molecule has 2 aliphatic rings. The Kier molecular flexibility index (Phi) is 3.09. The molecule has 4 heteroatoms. The minimum absolute atomic E-state index is 0.223.